The van der Waals surface area contributed by atoms with E-state index in [0.29, 0.717) is 22.8 Å². The predicted octanol–water partition coefficient (Wildman–Crippen LogP) is 3.64. The predicted molar refractivity (Wildman–Crippen MR) is 129 cm³/mol. The largest absolute Gasteiger partial charge is 0.463 e. The molecule has 2 aliphatic rings. The van der Waals surface area contributed by atoms with Crippen LogP contribution in [0.1, 0.15) is 24.1 Å². The molecule has 0 bridgehead atoms. The molecule has 2 heterocycles. The lowest BCUT2D eigenvalue weighted by Gasteiger charge is -2.38. The molecule has 2 amide bonds. The normalized spacial score (nSPS) is 19.2. The van der Waals surface area contributed by atoms with E-state index in [0.717, 1.165) is 31.7 Å². The summed E-state index contributed by atoms with van der Waals surface area (Å²) in [6, 6.07) is 14.6. The van der Waals surface area contributed by atoms with Crippen molar-refractivity contribution in [3.63, 3.8) is 0 Å². The van der Waals surface area contributed by atoms with E-state index in [-0.39, 0.29) is 12.6 Å². The van der Waals surface area contributed by atoms with Gasteiger partial charge in [-0.15, -0.1) is 0 Å². The molecule has 0 radical (unpaired) electrons. The van der Waals surface area contributed by atoms with E-state index in [2.05, 4.69) is 51.6 Å². The molecule has 0 aliphatic carbocycles. The molecule has 0 spiro atoms. The second-order valence-corrected chi connectivity index (χ2v) is 8.69. The van der Waals surface area contributed by atoms with Crippen LogP contribution in [0, 0.1) is 6.92 Å². The first-order valence-electron chi connectivity index (χ1n) is 11.2. The van der Waals surface area contributed by atoms with E-state index in [4.69, 9.17) is 16.3 Å². The second kappa shape index (κ2) is 10.3. The Morgan fingerprint density at radius 2 is 1.88 bits per heavy atom. The molecule has 2 aliphatic heterocycles. The van der Waals surface area contributed by atoms with Crippen molar-refractivity contribution in [1.82, 2.24) is 15.5 Å². The van der Waals surface area contributed by atoms with Crippen LogP contribution in [0.2, 0.25) is 5.02 Å². The molecule has 8 heteroatoms. The summed E-state index contributed by atoms with van der Waals surface area (Å²) in [5, 5.41) is 6.26. The average Bonchev–Trinajstić information content (AvgIpc) is 2.80. The van der Waals surface area contributed by atoms with Crippen LogP contribution < -0.4 is 15.5 Å². The fourth-order valence-corrected chi connectivity index (χ4v) is 4.62. The molecule has 2 aromatic rings. The van der Waals surface area contributed by atoms with Gasteiger partial charge >= 0.3 is 12.0 Å². The summed E-state index contributed by atoms with van der Waals surface area (Å²) >= 11 is 6.18. The summed E-state index contributed by atoms with van der Waals surface area (Å²) in [5.74, 6) is -0.441. The Kier molecular flexibility index (Phi) is 7.20. The van der Waals surface area contributed by atoms with Crippen LogP contribution in [0.15, 0.2) is 59.8 Å². The first kappa shape index (κ1) is 23.1. The van der Waals surface area contributed by atoms with Gasteiger partial charge in [-0.2, -0.15) is 0 Å². The van der Waals surface area contributed by atoms with Crippen molar-refractivity contribution in [3.05, 3.63) is 76.0 Å². The highest BCUT2D eigenvalue weighted by atomic mass is 35.5. The van der Waals surface area contributed by atoms with Crippen LogP contribution in [-0.4, -0.2) is 56.2 Å². The molecule has 1 saturated heterocycles. The lowest BCUT2D eigenvalue weighted by atomic mass is 9.95. The van der Waals surface area contributed by atoms with Crippen molar-refractivity contribution in [3.8, 4) is 0 Å². The topological polar surface area (TPSA) is 73.9 Å². The van der Waals surface area contributed by atoms with Crippen LogP contribution >= 0.6 is 11.6 Å². The third-order valence-corrected chi connectivity index (χ3v) is 6.28. The molecular weight excluding hydrogens is 440 g/mol. The molecule has 2 aromatic carbocycles. The van der Waals surface area contributed by atoms with Crippen molar-refractivity contribution in [2.45, 2.75) is 19.9 Å². The zero-order valence-electron chi connectivity index (χ0n) is 18.9. The monoisotopic (exact) mass is 468 g/mol. The van der Waals surface area contributed by atoms with Crippen molar-refractivity contribution in [2.75, 3.05) is 44.2 Å². The Hall–Kier alpha value is -3.03. The number of carbonyl (C=O) groups excluding carboxylic acids is 2. The van der Waals surface area contributed by atoms with Crippen LogP contribution in [-0.2, 0) is 9.53 Å². The van der Waals surface area contributed by atoms with Gasteiger partial charge in [0.1, 0.15) is 0 Å². The van der Waals surface area contributed by atoms with Crippen molar-refractivity contribution in [2.24, 2.45) is 0 Å². The number of hydrogen-bond acceptors (Lipinski definition) is 5. The number of halogens is 1. The van der Waals surface area contributed by atoms with Crippen LogP contribution in [0.25, 0.3) is 0 Å². The number of esters is 1. The maximum atomic E-state index is 13.0. The van der Waals surface area contributed by atoms with Gasteiger partial charge in [0.15, 0.2) is 0 Å². The number of hydrogen-bond donors (Lipinski definition) is 2. The smallest absolute Gasteiger partial charge is 0.338 e. The molecule has 1 atom stereocenters. The lowest BCUT2D eigenvalue weighted by Crippen LogP contribution is -2.52. The number of nitrogens with one attached hydrogen (secondary N) is 2. The number of amides is 2. The number of benzene rings is 2. The Labute approximate surface area is 199 Å². The molecule has 7 nitrogen and oxygen atoms in total. The Bertz CT molecular complexity index is 1060. The lowest BCUT2D eigenvalue weighted by molar-refractivity contribution is -0.139. The number of carbonyl (C=O) groups is 2. The van der Waals surface area contributed by atoms with Gasteiger partial charge < -0.3 is 20.3 Å². The van der Waals surface area contributed by atoms with E-state index < -0.39 is 12.0 Å². The van der Waals surface area contributed by atoms with E-state index in [9.17, 15) is 9.59 Å². The summed E-state index contributed by atoms with van der Waals surface area (Å²) in [7, 11) is 0. The number of rotatable bonds is 6. The van der Waals surface area contributed by atoms with Gasteiger partial charge in [-0.1, -0.05) is 41.9 Å². The van der Waals surface area contributed by atoms with E-state index in [1.165, 1.54) is 11.3 Å². The summed E-state index contributed by atoms with van der Waals surface area (Å²) < 4.78 is 5.36. The van der Waals surface area contributed by atoms with Gasteiger partial charge in [-0.3, -0.25) is 4.90 Å². The summed E-state index contributed by atoms with van der Waals surface area (Å²) in [5.41, 5.74) is 4.24. The highest BCUT2D eigenvalue weighted by Crippen LogP contribution is 2.30. The van der Waals surface area contributed by atoms with Crippen molar-refractivity contribution >= 4 is 29.3 Å². The summed E-state index contributed by atoms with van der Waals surface area (Å²) in [4.78, 5) is 30.1. The quantitative estimate of drug-likeness (QED) is 0.633. The third kappa shape index (κ3) is 5.31. The van der Waals surface area contributed by atoms with Crippen molar-refractivity contribution < 1.29 is 14.3 Å². The van der Waals surface area contributed by atoms with E-state index in [1.807, 2.05) is 6.07 Å². The number of anilines is 1. The maximum Gasteiger partial charge on any atom is 0.338 e. The number of nitrogens with zero attached hydrogens (tertiary/aromatic N) is 2. The minimum Gasteiger partial charge on any atom is -0.463 e. The molecule has 4 rings (SSSR count). The molecule has 33 heavy (non-hydrogen) atoms. The second-order valence-electron chi connectivity index (χ2n) is 8.25. The number of piperazine rings is 1. The van der Waals surface area contributed by atoms with Gasteiger partial charge in [0.25, 0.3) is 0 Å². The third-order valence-electron chi connectivity index (χ3n) is 6.04. The Morgan fingerprint density at radius 3 is 2.58 bits per heavy atom. The maximum absolute atomic E-state index is 13.0. The molecule has 1 fully saturated rings. The van der Waals surface area contributed by atoms with Crippen LogP contribution in [0.3, 0.4) is 0 Å². The highest BCUT2D eigenvalue weighted by molar-refractivity contribution is 6.30. The Balaban J connectivity index is 1.57. The Morgan fingerprint density at radius 1 is 1.12 bits per heavy atom. The minimum absolute atomic E-state index is 0.251. The summed E-state index contributed by atoms with van der Waals surface area (Å²) in [6.45, 7) is 7.98. The van der Waals surface area contributed by atoms with Gasteiger partial charge in [0.05, 0.1) is 18.2 Å². The molecule has 0 saturated carbocycles. The molecule has 2 N–H and O–H groups in total. The van der Waals surface area contributed by atoms with E-state index >= 15 is 0 Å². The molecule has 174 valence electrons. The van der Waals surface area contributed by atoms with Crippen LogP contribution in [0.4, 0.5) is 10.5 Å². The molecule has 0 aromatic heterocycles. The fraction of sp³-hybridized carbons (Fsp3) is 0.360. The van der Waals surface area contributed by atoms with Gasteiger partial charge in [0.2, 0.25) is 0 Å². The van der Waals surface area contributed by atoms with Crippen LogP contribution in [0.5, 0.6) is 0 Å². The van der Waals surface area contributed by atoms with Gasteiger partial charge in [0, 0.05) is 49.1 Å². The number of ether oxygens (including phenoxy) is 1. The van der Waals surface area contributed by atoms with Gasteiger partial charge in [-0.05, 0) is 43.2 Å². The zero-order chi connectivity index (χ0) is 23.4. The summed E-state index contributed by atoms with van der Waals surface area (Å²) in [6.07, 6.45) is 0. The fourth-order valence-electron chi connectivity index (χ4n) is 4.42. The SMILES string of the molecule is CCOC(=O)C1=C(CN2CCN(c3ccccc3C)CC2)NC(=O)N[C@@H]1c1cccc(Cl)c1. The standard InChI is InChI=1S/C25H29ClN4O3/c1-3-33-24(31)22-20(27-25(32)28-23(22)18-8-6-9-19(26)15-18)16-29-11-13-30(14-12-29)21-10-5-4-7-17(21)2/h4-10,15,23H,3,11-14,16H2,1-2H3,(H2,27,28,32)/t23-/m1/s1. The highest BCUT2D eigenvalue weighted by Gasteiger charge is 2.34. The van der Waals surface area contributed by atoms with Gasteiger partial charge in [-0.25, -0.2) is 9.59 Å². The molecule has 0 unspecified atom stereocenters. The number of urea groups is 1. The number of para-hydroxylation sites is 1. The number of aryl methyl sites for hydroxylation is 1. The molecular formula is C25H29ClN4O3. The average molecular weight is 469 g/mol. The minimum atomic E-state index is -0.625. The first-order chi connectivity index (χ1) is 16.0. The van der Waals surface area contributed by atoms with Crippen molar-refractivity contribution in [1.29, 1.82) is 0 Å². The van der Waals surface area contributed by atoms with E-state index in [1.54, 1.807) is 25.1 Å². The first-order valence-corrected chi connectivity index (χ1v) is 11.6. The zero-order valence-corrected chi connectivity index (χ0v) is 19.7.